The highest BCUT2D eigenvalue weighted by atomic mass is 79.9. The molecule has 26 heavy (non-hydrogen) atoms. The average Bonchev–Trinajstić information content (AvgIpc) is 2.61. The second kappa shape index (κ2) is 8.05. The van der Waals surface area contributed by atoms with Crippen molar-refractivity contribution in [2.24, 2.45) is 10.4 Å². The van der Waals surface area contributed by atoms with E-state index < -0.39 is 0 Å². The number of nitrogens with zero attached hydrogens (tertiary/aromatic N) is 1. The van der Waals surface area contributed by atoms with E-state index in [1.165, 1.54) is 21.6 Å². The van der Waals surface area contributed by atoms with Crippen molar-refractivity contribution in [3.05, 3.63) is 57.6 Å². The second-order valence-corrected chi connectivity index (χ2v) is 9.28. The molecule has 0 bridgehead atoms. The summed E-state index contributed by atoms with van der Waals surface area (Å²) in [4.78, 5) is 6.10. The molecular formula is C21H25BrN2OS. The highest BCUT2D eigenvalue weighted by Gasteiger charge is 2.24. The SMILES string of the molecule is COc1ccc(Br)cc1CSc1c(C)cccc1C1=NCC(C)(C)CN1. The van der Waals surface area contributed by atoms with E-state index in [2.05, 4.69) is 66.3 Å². The third-order valence-electron chi connectivity index (χ3n) is 4.48. The van der Waals surface area contributed by atoms with E-state index in [0.717, 1.165) is 34.9 Å². The maximum atomic E-state index is 5.52. The molecule has 3 nitrogen and oxygen atoms in total. The fraction of sp³-hybridized carbons (Fsp3) is 0.381. The first-order valence-corrected chi connectivity index (χ1v) is 10.5. The van der Waals surface area contributed by atoms with Gasteiger partial charge in [0, 0.05) is 44.8 Å². The smallest absolute Gasteiger partial charge is 0.129 e. The molecule has 1 aliphatic rings. The molecule has 1 aliphatic heterocycles. The van der Waals surface area contributed by atoms with Gasteiger partial charge in [0.25, 0.3) is 0 Å². The lowest BCUT2D eigenvalue weighted by Gasteiger charge is -2.30. The molecule has 2 aromatic carbocycles. The Morgan fingerprint density at radius 1 is 1.27 bits per heavy atom. The average molecular weight is 433 g/mol. The van der Waals surface area contributed by atoms with Crippen molar-refractivity contribution in [2.45, 2.75) is 31.4 Å². The van der Waals surface area contributed by atoms with Gasteiger partial charge in [0.15, 0.2) is 0 Å². The van der Waals surface area contributed by atoms with Gasteiger partial charge in [-0.2, -0.15) is 0 Å². The Morgan fingerprint density at radius 3 is 2.77 bits per heavy atom. The third-order valence-corrected chi connectivity index (χ3v) is 6.26. The van der Waals surface area contributed by atoms with E-state index in [0.29, 0.717) is 0 Å². The Hall–Kier alpha value is -1.46. The van der Waals surface area contributed by atoms with Gasteiger partial charge < -0.3 is 10.1 Å². The van der Waals surface area contributed by atoms with Crippen LogP contribution in [0.2, 0.25) is 0 Å². The molecule has 3 rings (SSSR count). The maximum Gasteiger partial charge on any atom is 0.129 e. The molecule has 5 heteroatoms. The summed E-state index contributed by atoms with van der Waals surface area (Å²) in [6.07, 6.45) is 0. The first kappa shape index (κ1) is 19.3. The zero-order chi connectivity index (χ0) is 18.7. The van der Waals surface area contributed by atoms with Crippen LogP contribution in [0.25, 0.3) is 0 Å². The molecule has 1 N–H and O–H groups in total. The quantitative estimate of drug-likeness (QED) is 0.638. The zero-order valence-corrected chi connectivity index (χ0v) is 18.1. The summed E-state index contributed by atoms with van der Waals surface area (Å²) >= 11 is 5.40. The van der Waals surface area contributed by atoms with Crippen LogP contribution < -0.4 is 10.1 Å². The van der Waals surface area contributed by atoms with Crippen LogP contribution in [0.15, 0.2) is 50.8 Å². The van der Waals surface area contributed by atoms with Crippen LogP contribution >= 0.6 is 27.7 Å². The van der Waals surface area contributed by atoms with Crippen molar-refractivity contribution in [2.75, 3.05) is 20.2 Å². The van der Waals surface area contributed by atoms with Crippen LogP contribution in [-0.2, 0) is 5.75 Å². The Balaban J connectivity index is 1.87. The molecule has 0 saturated heterocycles. The monoisotopic (exact) mass is 432 g/mol. The second-order valence-electron chi connectivity index (χ2n) is 7.38. The summed E-state index contributed by atoms with van der Waals surface area (Å²) < 4.78 is 6.59. The van der Waals surface area contributed by atoms with E-state index in [1.54, 1.807) is 7.11 Å². The standard InChI is InChI=1S/C21H25BrN2OS/c1-14-6-5-7-17(20-23-12-21(2,3)13-24-20)19(14)26-11-15-10-16(22)8-9-18(15)25-4/h5-10H,11-13H2,1-4H3,(H,23,24). The summed E-state index contributed by atoms with van der Waals surface area (Å²) in [5.41, 5.74) is 3.86. The Labute approximate surface area is 168 Å². The van der Waals surface area contributed by atoms with Crippen LogP contribution in [-0.4, -0.2) is 26.0 Å². The molecule has 0 aliphatic carbocycles. The summed E-state index contributed by atoms with van der Waals surface area (Å²) in [6, 6.07) is 12.6. The third kappa shape index (κ3) is 4.44. The molecule has 0 radical (unpaired) electrons. The molecule has 0 saturated carbocycles. The number of rotatable bonds is 5. The lowest BCUT2D eigenvalue weighted by atomic mass is 9.92. The number of hydrogen-bond acceptors (Lipinski definition) is 4. The predicted molar refractivity (Wildman–Crippen MR) is 115 cm³/mol. The minimum Gasteiger partial charge on any atom is -0.496 e. The van der Waals surface area contributed by atoms with E-state index in [4.69, 9.17) is 9.73 Å². The first-order valence-electron chi connectivity index (χ1n) is 8.73. The maximum absolute atomic E-state index is 5.52. The van der Waals surface area contributed by atoms with Gasteiger partial charge >= 0.3 is 0 Å². The number of thioether (sulfide) groups is 1. The van der Waals surface area contributed by atoms with Gasteiger partial charge in [-0.1, -0.05) is 48.0 Å². The fourth-order valence-electron chi connectivity index (χ4n) is 2.95. The summed E-state index contributed by atoms with van der Waals surface area (Å²) in [5.74, 6) is 2.78. The van der Waals surface area contributed by atoms with Crippen LogP contribution in [0.4, 0.5) is 0 Å². The minimum absolute atomic E-state index is 0.213. The van der Waals surface area contributed by atoms with Crippen LogP contribution in [0, 0.1) is 12.3 Å². The number of amidine groups is 1. The zero-order valence-electron chi connectivity index (χ0n) is 15.7. The topological polar surface area (TPSA) is 33.6 Å². The van der Waals surface area contributed by atoms with Crippen molar-refractivity contribution in [3.63, 3.8) is 0 Å². The van der Waals surface area contributed by atoms with Gasteiger partial charge in [-0.3, -0.25) is 4.99 Å². The lowest BCUT2D eigenvalue weighted by Crippen LogP contribution is -2.41. The molecule has 2 aromatic rings. The molecule has 0 fully saturated rings. The van der Waals surface area contributed by atoms with Crippen molar-refractivity contribution >= 4 is 33.5 Å². The van der Waals surface area contributed by atoms with E-state index in [-0.39, 0.29) is 5.41 Å². The summed E-state index contributed by atoms with van der Waals surface area (Å²) in [7, 11) is 1.72. The van der Waals surface area contributed by atoms with Gasteiger partial charge in [-0.15, -0.1) is 11.8 Å². The van der Waals surface area contributed by atoms with Gasteiger partial charge in [0.05, 0.1) is 7.11 Å². The van der Waals surface area contributed by atoms with Crippen molar-refractivity contribution in [1.29, 1.82) is 0 Å². The molecule has 0 spiro atoms. The molecule has 138 valence electrons. The van der Waals surface area contributed by atoms with Gasteiger partial charge in [-0.25, -0.2) is 0 Å². The van der Waals surface area contributed by atoms with Crippen molar-refractivity contribution in [1.82, 2.24) is 5.32 Å². The van der Waals surface area contributed by atoms with Crippen molar-refractivity contribution < 1.29 is 4.74 Å². The number of benzene rings is 2. The van der Waals surface area contributed by atoms with E-state index >= 15 is 0 Å². The number of ether oxygens (including phenoxy) is 1. The predicted octanol–water partition coefficient (Wildman–Crippen LogP) is 5.43. The number of aryl methyl sites for hydroxylation is 1. The number of nitrogens with one attached hydrogen (secondary N) is 1. The van der Waals surface area contributed by atoms with Crippen molar-refractivity contribution in [3.8, 4) is 5.75 Å². The normalized spacial score (nSPS) is 16.0. The Morgan fingerprint density at radius 2 is 2.08 bits per heavy atom. The molecular weight excluding hydrogens is 408 g/mol. The fourth-order valence-corrected chi connectivity index (χ4v) is 4.50. The minimum atomic E-state index is 0.213. The largest absolute Gasteiger partial charge is 0.496 e. The van der Waals surface area contributed by atoms with Gasteiger partial charge in [0.1, 0.15) is 11.6 Å². The van der Waals surface area contributed by atoms with Crippen LogP contribution in [0.3, 0.4) is 0 Å². The molecule has 0 unspecified atom stereocenters. The Bertz CT molecular complexity index is 833. The van der Waals surface area contributed by atoms with E-state index in [9.17, 15) is 0 Å². The molecule has 0 atom stereocenters. The lowest BCUT2D eigenvalue weighted by molar-refractivity contribution is 0.362. The first-order chi connectivity index (χ1) is 12.4. The number of methoxy groups -OCH3 is 1. The number of halogens is 1. The highest BCUT2D eigenvalue weighted by Crippen LogP contribution is 2.34. The molecule has 0 aromatic heterocycles. The molecule has 1 heterocycles. The summed E-state index contributed by atoms with van der Waals surface area (Å²) in [5, 5.41) is 3.53. The van der Waals surface area contributed by atoms with Gasteiger partial charge in [0.2, 0.25) is 0 Å². The Kier molecular flexibility index (Phi) is 5.98. The molecule has 0 amide bonds. The van der Waals surface area contributed by atoms with Crippen LogP contribution in [0.1, 0.15) is 30.5 Å². The number of hydrogen-bond donors (Lipinski definition) is 1. The van der Waals surface area contributed by atoms with Gasteiger partial charge in [-0.05, 0) is 30.7 Å². The van der Waals surface area contributed by atoms with E-state index in [1.807, 2.05) is 23.9 Å². The summed E-state index contributed by atoms with van der Waals surface area (Å²) in [6.45, 7) is 8.45. The number of aliphatic imine (C=N–C) groups is 1. The highest BCUT2D eigenvalue weighted by molar-refractivity contribution is 9.10. The van der Waals surface area contributed by atoms with Crippen LogP contribution in [0.5, 0.6) is 5.75 Å².